The summed E-state index contributed by atoms with van der Waals surface area (Å²) in [5.41, 5.74) is 14.9. The minimum Gasteiger partial charge on any atom is -0.508 e. The van der Waals surface area contributed by atoms with E-state index in [1.54, 1.807) is 12.1 Å². The Kier molecular flexibility index (Phi) is 17.6. The minimum atomic E-state index is -0.997. The van der Waals surface area contributed by atoms with Crippen molar-refractivity contribution in [3.63, 3.8) is 0 Å². The fourth-order valence-electron chi connectivity index (χ4n) is 4.93. The number of amides is 3. The number of ether oxygens (including phenoxy) is 1. The Bertz CT molecular complexity index is 1320. The van der Waals surface area contributed by atoms with E-state index in [1.165, 1.54) is 11.8 Å². The van der Waals surface area contributed by atoms with Crippen molar-refractivity contribution in [2.45, 2.75) is 76.9 Å². The highest BCUT2D eigenvalue weighted by Gasteiger charge is 2.26. The number of carbonyl (C=O) groups excluding carboxylic acids is 5. The SMILES string of the molecule is CSCC[C@H](NC(=O)[C@@H](N)Cc1c(C)cc(O)cc1C)C(=O)NCC(=O)N[C@@H](Cc1ccccc1)C(=O)COC(=O)CCCCCN. The van der Waals surface area contributed by atoms with Gasteiger partial charge in [-0.2, -0.15) is 11.8 Å². The van der Waals surface area contributed by atoms with Crippen molar-refractivity contribution in [1.29, 1.82) is 0 Å². The van der Waals surface area contributed by atoms with E-state index in [0.29, 0.717) is 25.1 Å². The number of phenolic OH excluding ortho intramolecular Hbond substituents is 1. The molecule has 0 aromatic heterocycles. The van der Waals surface area contributed by atoms with Gasteiger partial charge in [0.1, 0.15) is 11.8 Å². The number of hydrogen-bond acceptors (Lipinski definition) is 10. The van der Waals surface area contributed by atoms with Gasteiger partial charge in [0.15, 0.2) is 12.4 Å². The van der Waals surface area contributed by atoms with E-state index in [1.807, 2.05) is 50.4 Å². The Hall–Kier alpha value is -3.94. The summed E-state index contributed by atoms with van der Waals surface area (Å²) in [4.78, 5) is 64.2. The molecule has 0 fully saturated rings. The van der Waals surface area contributed by atoms with Crippen molar-refractivity contribution in [1.82, 2.24) is 16.0 Å². The average Bonchev–Trinajstić information content (AvgIpc) is 3.04. The predicted octanol–water partition coefficient (Wildman–Crippen LogP) is 1.59. The van der Waals surface area contributed by atoms with Crippen LogP contribution in [0.3, 0.4) is 0 Å². The molecule has 0 saturated heterocycles. The number of aromatic hydroxyl groups is 1. The van der Waals surface area contributed by atoms with E-state index in [9.17, 15) is 29.1 Å². The first-order valence-corrected chi connectivity index (χ1v) is 17.2. The second-order valence-corrected chi connectivity index (χ2v) is 12.5. The Morgan fingerprint density at radius 1 is 0.915 bits per heavy atom. The van der Waals surface area contributed by atoms with Crippen LogP contribution in [-0.2, 0) is 41.6 Å². The van der Waals surface area contributed by atoms with Crippen molar-refractivity contribution >= 4 is 41.2 Å². The standard InChI is InChI=1S/C34H49N5O7S/c1-22-16-25(40)17-23(2)26(22)19-27(36)33(44)39-28(13-15-47-3)34(45)37-20-31(42)38-29(18-24-10-6-4-7-11-24)30(41)21-46-32(43)12-8-5-9-14-35/h4,6-7,10-11,16-17,27-29,40H,5,8-9,12-15,18-21,35-36H2,1-3H3,(H,37,45)(H,38,42)(H,39,44)/t27-,28-,29-/m0/s1. The molecule has 2 aromatic rings. The van der Waals surface area contributed by atoms with Crippen LogP contribution < -0.4 is 27.4 Å². The molecule has 0 spiro atoms. The summed E-state index contributed by atoms with van der Waals surface area (Å²) >= 11 is 1.50. The molecule has 0 unspecified atom stereocenters. The molecule has 47 heavy (non-hydrogen) atoms. The van der Waals surface area contributed by atoms with Gasteiger partial charge in [-0.25, -0.2) is 0 Å². The third-order valence-corrected chi connectivity index (χ3v) is 8.22. The lowest BCUT2D eigenvalue weighted by molar-refractivity contribution is -0.148. The number of rotatable bonds is 21. The van der Waals surface area contributed by atoms with Crippen molar-refractivity contribution in [2.24, 2.45) is 11.5 Å². The highest BCUT2D eigenvalue weighted by Crippen LogP contribution is 2.22. The van der Waals surface area contributed by atoms with Gasteiger partial charge in [-0.1, -0.05) is 36.8 Å². The number of hydrogen-bond donors (Lipinski definition) is 6. The summed E-state index contributed by atoms with van der Waals surface area (Å²) in [5.74, 6) is -2.00. The van der Waals surface area contributed by atoms with E-state index in [2.05, 4.69) is 16.0 Å². The molecular weight excluding hydrogens is 622 g/mol. The largest absolute Gasteiger partial charge is 0.508 e. The highest BCUT2D eigenvalue weighted by molar-refractivity contribution is 7.98. The van der Waals surface area contributed by atoms with Gasteiger partial charge in [0.2, 0.25) is 17.7 Å². The van der Waals surface area contributed by atoms with Gasteiger partial charge in [0, 0.05) is 6.42 Å². The Morgan fingerprint density at radius 3 is 2.23 bits per heavy atom. The van der Waals surface area contributed by atoms with Gasteiger partial charge >= 0.3 is 5.97 Å². The minimum absolute atomic E-state index is 0.128. The molecule has 3 atom stereocenters. The second-order valence-electron chi connectivity index (χ2n) is 11.5. The van der Waals surface area contributed by atoms with Gasteiger partial charge in [0.25, 0.3) is 0 Å². The van der Waals surface area contributed by atoms with Crippen LogP contribution >= 0.6 is 11.8 Å². The van der Waals surface area contributed by atoms with E-state index in [-0.39, 0.29) is 25.0 Å². The normalized spacial score (nSPS) is 12.8. The lowest BCUT2D eigenvalue weighted by atomic mass is 9.96. The fourth-order valence-corrected chi connectivity index (χ4v) is 5.41. The van der Waals surface area contributed by atoms with Crippen LogP contribution in [0.2, 0.25) is 0 Å². The molecular formula is C34H49N5O7S. The number of unbranched alkanes of at least 4 members (excludes halogenated alkanes) is 2. The van der Waals surface area contributed by atoms with Gasteiger partial charge in [0.05, 0.1) is 18.6 Å². The molecule has 0 aliphatic rings. The van der Waals surface area contributed by atoms with E-state index in [0.717, 1.165) is 35.1 Å². The first-order valence-electron chi connectivity index (χ1n) is 15.8. The van der Waals surface area contributed by atoms with Crippen molar-refractivity contribution < 1.29 is 33.8 Å². The van der Waals surface area contributed by atoms with Crippen molar-refractivity contribution in [3.8, 4) is 5.75 Å². The van der Waals surface area contributed by atoms with E-state index < -0.39 is 60.8 Å². The number of Topliss-reactive ketones (excluding diaryl/α,β-unsaturated/α-hetero) is 1. The Balaban J connectivity index is 1.99. The van der Waals surface area contributed by atoms with Crippen LogP contribution in [0.15, 0.2) is 42.5 Å². The van der Waals surface area contributed by atoms with Crippen LogP contribution in [0.5, 0.6) is 5.75 Å². The van der Waals surface area contributed by atoms with E-state index in [4.69, 9.17) is 16.2 Å². The lowest BCUT2D eigenvalue weighted by Crippen LogP contribution is -2.54. The van der Waals surface area contributed by atoms with Gasteiger partial charge < -0.3 is 37.3 Å². The first kappa shape index (κ1) is 39.2. The lowest BCUT2D eigenvalue weighted by Gasteiger charge is -2.22. The average molecular weight is 672 g/mol. The number of ketones is 1. The molecule has 0 aliphatic carbocycles. The third-order valence-electron chi connectivity index (χ3n) is 7.58. The molecule has 258 valence electrons. The smallest absolute Gasteiger partial charge is 0.306 e. The third kappa shape index (κ3) is 14.6. The van der Waals surface area contributed by atoms with Crippen LogP contribution in [0, 0.1) is 13.8 Å². The van der Waals surface area contributed by atoms with Gasteiger partial charge in [-0.15, -0.1) is 0 Å². The monoisotopic (exact) mass is 671 g/mol. The maximum absolute atomic E-state index is 13.1. The maximum Gasteiger partial charge on any atom is 0.306 e. The Labute approximate surface area is 281 Å². The number of benzene rings is 2. The number of nitrogens with two attached hydrogens (primary N) is 2. The molecule has 0 radical (unpaired) electrons. The number of esters is 1. The fraction of sp³-hybridized carbons (Fsp3) is 0.500. The predicted molar refractivity (Wildman–Crippen MR) is 183 cm³/mol. The molecule has 3 amide bonds. The summed E-state index contributed by atoms with van der Waals surface area (Å²) in [6, 6.07) is 9.38. The van der Waals surface area contributed by atoms with Crippen LogP contribution in [0.1, 0.15) is 54.4 Å². The zero-order chi connectivity index (χ0) is 34.8. The topological polar surface area (TPSA) is 203 Å². The van der Waals surface area contributed by atoms with Crippen LogP contribution in [0.25, 0.3) is 0 Å². The Morgan fingerprint density at radius 2 is 1.60 bits per heavy atom. The molecule has 12 nitrogen and oxygen atoms in total. The zero-order valence-corrected chi connectivity index (χ0v) is 28.3. The van der Waals surface area contributed by atoms with Crippen LogP contribution in [0.4, 0.5) is 0 Å². The summed E-state index contributed by atoms with van der Waals surface area (Å²) in [5, 5.41) is 17.7. The quantitative estimate of drug-likeness (QED) is 0.0836. The highest BCUT2D eigenvalue weighted by atomic mass is 32.2. The zero-order valence-electron chi connectivity index (χ0n) is 27.5. The molecule has 0 heterocycles. The molecule has 8 N–H and O–H groups in total. The summed E-state index contributed by atoms with van der Waals surface area (Å²) in [7, 11) is 0. The molecule has 2 rings (SSSR count). The number of aryl methyl sites for hydroxylation is 2. The molecule has 0 saturated carbocycles. The van der Waals surface area contributed by atoms with Gasteiger partial charge in [-0.05, 0) is 98.9 Å². The molecule has 13 heteroatoms. The van der Waals surface area contributed by atoms with Crippen molar-refractivity contribution in [3.05, 3.63) is 64.7 Å². The number of phenols is 1. The van der Waals surface area contributed by atoms with E-state index >= 15 is 0 Å². The number of nitrogens with one attached hydrogen (secondary N) is 3. The first-order chi connectivity index (χ1) is 22.4. The second kappa shape index (κ2) is 21.0. The molecule has 0 aliphatic heterocycles. The van der Waals surface area contributed by atoms with Crippen molar-refractivity contribution in [2.75, 3.05) is 31.7 Å². The summed E-state index contributed by atoms with van der Waals surface area (Å²) in [6.07, 6.45) is 4.91. The maximum atomic E-state index is 13.1. The molecule has 0 bridgehead atoms. The number of carbonyl (C=O) groups is 5. The number of thioether (sulfide) groups is 1. The van der Waals surface area contributed by atoms with Crippen LogP contribution in [-0.4, -0.2) is 84.4 Å². The summed E-state index contributed by atoms with van der Waals surface area (Å²) < 4.78 is 5.16. The van der Waals surface area contributed by atoms with Gasteiger partial charge in [-0.3, -0.25) is 24.0 Å². The summed E-state index contributed by atoms with van der Waals surface area (Å²) in [6.45, 7) is 3.25. The molecule has 2 aromatic carbocycles.